The van der Waals surface area contributed by atoms with Gasteiger partial charge >= 0.3 is 104 Å². The minimum atomic E-state index is -0.908. The molecule has 0 amide bonds. The first-order valence-electron chi connectivity index (χ1n) is 4.68. The number of hydrazine groups is 1. The zero-order valence-electron chi connectivity index (χ0n) is 9.23. The average molecular weight is 341 g/mol. The molecule has 0 bridgehead atoms. The van der Waals surface area contributed by atoms with Crippen LogP contribution in [0.15, 0.2) is 9.78 Å². The number of nitrogens with zero attached hydrogens (tertiary/aromatic N) is 1. The summed E-state index contributed by atoms with van der Waals surface area (Å²) in [5.74, 6) is -1.35. The van der Waals surface area contributed by atoms with E-state index in [0.29, 0.717) is 3.58 Å². The second-order valence-electron chi connectivity index (χ2n) is 3.58. The molecule has 0 aliphatic carbocycles. The maximum absolute atomic E-state index is 11.2. The summed E-state index contributed by atoms with van der Waals surface area (Å²) in [5, 5.41) is 10.6. The van der Waals surface area contributed by atoms with Crippen LogP contribution in [-0.2, 0) is 14.3 Å². The van der Waals surface area contributed by atoms with Gasteiger partial charge in [-0.25, -0.2) is 0 Å². The monoisotopic (exact) mass is 341 g/mol. The van der Waals surface area contributed by atoms with Crippen molar-refractivity contribution in [3.8, 4) is 0 Å². The van der Waals surface area contributed by atoms with Gasteiger partial charge in [-0.2, -0.15) is 0 Å². The number of rotatable bonds is 4. The number of hydrogen-bond donors (Lipinski definition) is 2. The number of methoxy groups -OCH3 is 1. The second kappa shape index (κ2) is 5.48. The topological polar surface area (TPSA) is 78.9 Å². The Morgan fingerprint density at radius 3 is 2.62 bits per heavy atom. The zero-order chi connectivity index (χ0) is 12.3. The van der Waals surface area contributed by atoms with Gasteiger partial charge < -0.3 is 0 Å². The van der Waals surface area contributed by atoms with E-state index in [2.05, 4.69) is 8.38 Å². The van der Waals surface area contributed by atoms with Crippen LogP contribution >= 0.6 is 0 Å². The van der Waals surface area contributed by atoms with Crippen LogP contribution in [0.4, 0.5) is 0 Å². The van der Waals surface area contributed by atoms with Gasteiger partial charge in [-0.1, -0.05) is 0 Å². The van der Waals surface area contributed by atoms with Gasteiger partial charge in [-0.15, -0.1) is 0 Å². The fourth-order valence-corrected chi connectivity index (χ4v) is 3.17. The van der Waals surface area contributed by atoms with Crippen molar-refractivity contribution in [1.29, 1.82) is 0 Å². The number of ether oxygens (including phenoxy) is 1. The van der Waals surface area contributed by atoms with Gasteiger partial charge in [-0.05, 0) is 0 Å². The van der Waals surface area contributed by atoms with Crippen LogP contribution in [0.1, 0.15) is 13.8 Å². The molecule has 0 unspecified atom stereocenters. The van der Waals surface area contributed by atoms with E-state index in [1.54, 1.807) is 0 Å². The normalized spacial score (nSPS) is 17.8. The van der Waals surface area contributed by atoms with Crippen molar-refractivity contribution >= 4 is 11.9 Å². The SMILES string of the molecule is COC(=O)C1=CN([C@H](C(=O)O)C(C)C)N[I-]1. The van der Waals surface area contributed by atoms with Gasteiger partial charge in [0.15, 0.2) is 0 Å². The molecule has 7 heteroatoms. The Labute approximate surface area is 104 Å². The van der Waals surface area contributed by atoms with Crippen molar-refractivity contribution in [2.75, 3.05) is 7.11 Å². The minimum absolute atomic E-state index is 0.0535. The standard InChI is InChI=1S/C9H14IN2O4/c1-5(2)7(8(13)14)12-4-6(10-11-12)9(15)16-3/h4-5,7,11H,1-3H3,(H,13,14)/q-1/t7-/m0/s1. The number of esters is 1. The third-order valence-corrected chi connectivity index (χ3v) is 4.16. The average Bonchev–Trinajstić information content (AvgIpc) is 2.64. The molecule has 0 spiro atoms. The van der Waals surface area contributed by atoms with Crippen molar-refractivity contribution in [3.63, 3.8) is 0 Å². The molecule has 6 nitrogen and oxygen atoms in total. The summed E-state index contributed by atoms with van der Waals surface area (Å²) >= 11 is -0.696. The number of aliphatic carboxylic acids is 1. The number of carbonyl (C=O) groups excluding carboxylic acids is 1. The molecule has 16 heavy (non-hydrogen) atoms. The van der Waals surface area contributed by atoms with Gasteiger partial charge in [0, 0.05) is 0 Å². The summed E-state index contributed by atoms with van der Waals surface area (Å²) in [4.78, 5) is 22.3. The summed E-state index contributed by atoms with van der Waals surface area (Å²) in [5.41, 5.74) is 0. The maximum atomic E-state index is 11.2. The van der Waals surface area contributed by atoms with E-state index in [1.807, 2.05) is 13.8 Å². The van der Waals surface area contributed by atoms with Crippen LogP contribution < -0.4 is 25.1 Å². The van der Waals surface area contributed by atoms with Crippen LogP contribution in [0.3, 0.4) is 0 Å². The van der Waals surface area contributed by atoms with Crippen LogP contribution in [0.5, 0.6) is 0 Å². The summed E-state index contributed by atoms with van der Waals surface area (Å²) in [7, 11) is 1.31. The van der Waals surface area contributed by atoms with Crippen molar-refractivity contribution in [3.05, 3.63) is 9.78 Å². The molecule has 92 valence electrons. The van der Waals surface area contributed by atoms with E-state index in [4.69, 9.17) is 5.11 Å². The van der Waals surface area contributed by atoms with Crippen LogP contribution in [0.25, 0.3) is 0 Å². The predicted octanol–water partition coefficient (Wildman–Crippen LogP) is -3.07. The Balaban J connectivity index is 2.80. The molecule has 1 heterocycles. The number of carboxylic acid groups (broad SMARTS) is 1. The second-order valence-corrected chi connectivity index (χ2v) is 5.77. The number of nitrogens with one attached hydrogen (secondary N) is 1. The van der Waals surface area contributed by atoms with Gasteiger partial charge in [0.25, 0.3) is 0 Å². The van der Waals surface area contributed by atoms with Gasteiger partial charge in [-0.3, -0.25) is 0 Å². The summed E-state index contributed by atoms with van der Waals surface area (Å²) < 4.78 is 8.08. The molecule has 0 saturated heterocycles. The number of carboxylic acids is 1. The third-order valence-electron chi connectivity index (χ3n) is 2.06. The van der Waals surface area contributed by atoms with E-state index in [0.717, 1.165) is 0 Å². The fraction of sp³-hybridized carbons (Fsp3) is 0.556. The molecule has 2 N–H and O–H groups in total. The summed E-state index contributed by atoms with van der Waals surface area (Å²) in [6.07, 6.45) is 1.54. The zero-order valence-corrected chi connectivity index (χ0v) is 11.4. The molecule has 1 aliphatic heterocycles. The molecule has 1 rings (SSSR count). The first kappa shape index (κ1) is 13.2. The Kier molecular flexibility index (Phi) is 4.54. The van der Waals surface area contributed by atoms with E-state index >= 15 is 0 Å². The Bertz CT molecular complexity index is 329. The Morgan fingerprint density at radius 1 is 1.56 bits per heavy atom. The molecule has 0 aromatic carbocycles. The number of hydrogen-bond acceptors (Lipinski definition) is 5. The summed E-state index contributed by atoms with van der Waals surface area (Å²) in [6, 6.07) is -0.665. The third kappa shape index (κ3) is 2.85. The van der Waals surface area contributed by atoms with E-state index in [9.17, 15) is 9.59 Å². The molecular formula is C9H14IN2O4-. The number of carbonyl (C=O) groups is 2. The van der Waals surface area contributed by atoms with Crippen LogP contribution in [0, 0.1) is 5.92 Å². The van der Waals surface area contributed by atoms with Crippen molar-refractivity contribution < 1.29 is 40.9 Å². The molecule has 0 aromatic heterocycles. The number of halogens is 1. The molecule has 0 radical (unpaired) electrons. The first-order valence-corrected chi connectivity index (χ1v) is 6.84. The van der Waals surface area contributed by atoms with Gasteiger partial charge in [0.2, 0.25) is 0 Å². The van der Waals surface area contributed by atoms with Gasteiger partial charge in [0.1, 0.15) is 0 Å². The van der Waals surface area contributed by atoms with E-state index in [-0.39, 0.29) is 5.92 Å². The van der Waals surface area contributed by atoms with Crippen molar-refractivity contribution in [2.24, 2.45) is 5.92 Å². The Hall–Kier alpha value is -0.830. The molecule has 0 aromatic rings. The quantitative estimate of drug-likeness (QED) is 0.321. The Morgan fingerprint density at radius 2 is 2.19 bits per heavy atom. The van der Waals surface area contributed by atoms with Crippen molar-refractivity contribution in [1.82, 2.24) is 8.65 Å². The van der Waals surface area contributed by atoms with E-state index in [1.165, 1.54) is 18.3 Å². The summed E-state index contributed by atoms with van der Waals surface area (Å²) in [6.45, 7) is 3.64. The van der Waals surface area contributed by atoms with Gasteiger partial charge in [0.05, 0.1) is 0 Å². The van der Waals surface area contributed by atoms with E-state index < -0.39 is 39.5 Å². The van der Waals surface area contributed by atoms with Crippen LogP contribution in [0.2, 0.25) is 0 Å². The molecule has 1 atom stereocenters. The molecule has 0 fully saturated rings. The molecule has 1 aliphatic rings. The first-order chi connectivity index (χ1) is 7.47. The molecule has 0 saturated carbocycles. The van der Waals surface area contributed by atoms with Crippen LogP contribution in [-0.4, -0.2) is 35.2 Å². The fourth-order valence-electron chi connectivity index (χ4n) is 1.31. The predicted molar refractivity (Wildman–Crippen MR) is 51.3 cm³/mol. The van der Waals surface area contributed by atoms with Crippen molar-refractivity contribution in [2.45, 2.75) is 19.9 Å². The molecular weight excluding hydrogens is 327 g/mol.